The standard InChI is InChI=1S/C26H25BrN2O5/c1-32-20-10-6-18(7-11-20)25(30)29-23(26(31)28-16-22-3-2-14-33-22)15-21-12-13-24(34-21)17-4-8-19(27)9-5-17/h4-13,15,22H,2-3,14,16H2,1H3,(H,28,31)(H,29,30)/b23-15-. The monoisotopic (exact) mass is 524 g/mol. The predicted molar refractivity (Wildman–Crippen MR) is 132 cm³/mol. The van der Waals surface area contributed by atoms with Crippen LogP contribution in [0.25, 0.3) is 17.4 Å². The van der Waals surface area contributed by atoms with Crippen LogP contribution < -0.4 is 15.4 Å². The molecule has 2 heterocycles. The van der Waals surface area contributed by atoms with Crippen LogP contribution in [0.3, 0.4) is 0 Å². The summed E-state index contributed by atoms with van der Waals surface area (Å²) in [5.74, 6) is 0.895. The van der Waals surface area contributed by atoms with Crippen molar-refractivity contribution in [3.63, 3.8) is 0 Å². The Bertz CT molecular complexity index is 1160. The maximum atomic E-state index is 13.0. The fourth-order valence-electron chi connectivity index (χ4n) is 3.54. The van der Waals surface area contributed by atoms with Gasteiger partial charge in [0.2, 0.25) is 0 Å². The van der Waals surface area contributed by atoms with Gasteiger partial charge in [0.1, 0.15) is 23.0 Å². The van der Waals surface area contributed by atoms with Crippen LogP contribution in [-0.4, -0.2) is 38.2 Å². The van der Waals surface area contributed by atoms with Crippen molar-refractivity contribution in [3.05, 3.63) is 82.2 Å². The molecular weight excluding hydrogens is 500 g/mol. The number of benzene rings is 2. The third kappa shape index (κ3) is 6.15. The van der Waals surface area contributed by atoms with Gasteiger partial charge in [-0.2, -0.15) is 0 Å². The van der Waals surface area contributed by atoms with Gasteiger partial charge in [0, 0.05) is 34.8 Å². The Morgan fingerprint density at radius 3 is 2.53 bits per heavy atom. The summed E-state index contributed by atoms with van der Waals surface area (Å²) in [7, 11) is 1.56. The van der Waals surface area contributed by atoms with Crippen LogP contribution in [0.2, 0.25) is 0 Å². The van der Waals surface area contributed by atoms with Crippen molar-refractivity contribution >= 4 is 33.8 Å². The largest absolute Gasteiger partial charge is 0.497 e. The van der Waals surface area contributed by atoms with Gasteiger partial charge in [-0.1, -0.05) is 28.1 Å². The van der Waals surface area contributed by atoms with Gasteiger partial charge in [0.25, 0.3) is 11.8 Å². The lowest BCUT2D eigenvalue weighted by molar-refractivity contribution is -0.118. The lowest BCUT2D eigenvalue weighted by atomic mass is 10.2. The highest BCUT2D eigenvalue weighted by Crippen LogP contribution is 2.25. The molecule has 0 bridgehead atoms. The number of ether oxygens (including phenoxy) is 2. The van der Waals surface area contributed by atoms with Crippen LogP contribution in [0.5, 0.6) is 5.75 Å². The van der Waals surface area contributed by atoms with Crippen LogP contribution in [0.15, 0.2) is 75.3 Å². The molecule has 34 heavy (non-hydrogen) atoms. The zero-order chi connectivity index (χ0) is 23.9. The summed E-state index contributed by atoms with van der Waals surface area (Å²) < 4.78 is 17.6. The van der Waals surface area contributed by atoms with Crippen LogP contribution >= 0.6 is 15.9 Å². The number of amides is 2. The summed E-state index contributed by atoms with van der Waals surface area (Å²) in [4.78, 5) is 25.8. The second-order valence-corrected chi connectivity index (χ2v) is 8.71. The molecule has 1 aromatic heterocycles. The Kier molecular flexibility index (Phi) is 7.82. The zero-order valence-corrected chi connectivity index (χ0v) is 20.3. The minimum atomic E-state index is -0.418. The van der Waals surface area contributed by atoms with Gasteiger partial charge in [-0.25, -0.2) is 0 Å². The molecule has 8 heteroatoms. The first-order chi connectivity index (χ1) is 16.5. The second-order valence-electron chi connectivity index (χ2n) is 7.79. The Balaban J connectivity index is 1.54. The van der Waals surface area contributed by atoms with E-state index >= 15 is 0 Å². The SMILES string of the molecule is COc1ccc(C(=O)N/C(=C\c2ccc(-c3ccc(Br)cc3)o2)C(=O)NCC2CCCO2)cc1. The number of nitrogens with one attached hydrogen (secondary N) is 2. The number of hydrogen-bond acceptors (Lipinski definition) is 5. The first kappa shape index (κ1) is 23.8. The normalized spacial score (nSPS) is 15.7. The molecule has 2 aromatic carbocycles. The highest BCUT2D eigenvalue weighted by Gasteiger charge is 2.20. The summed E-state index contributed by atoms with van der Waals surface area (Å²) in [5.41, 5.74) is 1.37. The summed E-state index contributed by atoms with van der Waals surface area (Å²) >= 11 is 3.42. The topological polar surface area (TPSA) is 89.8 Å². The summed E-state index contributed by atoms with van der Waals surface area (Å²) in [6, 6.07) is 17.9. The molecule has 4 rings (SSSR count). The molecule has 0 aliphatic carbocycles. The van der Waals surface area contributed by atoms with Gasteiger partial charge in [-0.15, -0.1) is 0 Å². The van der Waals surface area contributed by atoms with E-state index in [0.29, 0.717) is 36.0 Å². The van der Waals surface area contributed by atoms with Crippen molar-refractivity contribution < 1.29 is 23.5 Å². The number of hydrogen-bond donors (Lipinski definition) is 2. The summed E-state index contributed by atoms with van der Waals surface area (Å²) in [5, 5.41) is 5.56. The van der Waals surface area contributed by atoms with E-state index in [0.717, 1.165) is 22.9 Å². The van der Waals surface area contributed by atoms with Crippen LogP contribution in [-0.2, 0) is 9.53 Å². The molecule has 2 N–H and O–H groups in total. The van der Waals surface area contributed by atoms with E-state index in [1.54, 1.807) is 37.4 Å². The lowest BCUT2D eigenvalue weighted by Crippen LogP contribution is -2.38. The number of rotatable bonds is 8. The van der Waals surface area contributed by atoms with E-state index < -0.39 is 11.8 Å². The molecule has 1 atom stereocenters. The van der Waals surface area contributed by atoms with E-state index in [-0.39, 0.29) is 11.8 Å². The molecule has 176 valence electrons. The fourth-order valence-corrected chi connectivity index (χ4v) is 3.81. The minimum absolute atomic E-state index is 0.0184. The van der Waals surface area contributed by atoms with Gasteiger partial charge in [-0.3, -0.25) is 9.59 Å². The zero-order valence-electron chi connectivity index (χ0n) is 18.7. The van der Waals surface area contributed by atoms with Crippen molar-refractivity contribution in [2.75, 3.05) is 20.3 Å². The summed E-state index contributed by atoms with van der Waals surface area (Å²) in [6.07, 6.45) is 3.37. The van der Waals surface area contributed by atoms with E-state index in [1.165, 1.54) is 6.08 Å². The molecule has 1 fully saturated rings. The maximum absolute atomic E-state index is 13.0. The van der Waals surface area contributed by atoms with Gasteiger partial charge in [0.15, 0.2) is 0 Å². The average Bonchev–Trinajstić information content (AvgIpc) is 3.55. The number of carbonyl (C=O) groups excluding carboxylic acids is 2. The van der Waals surface area contributed by atoms with Crippen LogP contribution in [0.4, 0.5) is 0 Å². The third-order valence-electron chi connectivity index (χ3n) is 5.40. The molecule has 7 nitrogen and oxygen atoms in total. The Hall–Kier alpha value is -3.36. The number of carbonyl (C=O) groups is 2. The Morgan fingerprint density at radius 2 is 1.85 bits per heavy atom. The van der Waals surface area contributed by atoms with E-state index in [4.69, 9.17) is 13.9 Å². The van der Waals surface area contributed by atoms with Crippen molar-refractivity contribution in [2.45, 2.75) is 18.9 Å². The number of halogens is 1. The molecule has 2 amide bonds. The van der Waals surface area contributed by atoms with E-state index in [2.05, 4.69) is 26.6 Å². The maximum Gasteiger partial charge on any atom is 0.268 e. The number of furan rings is 1. The highest BCUT2D eigenvalue weighted by molar-refractivity contribution is 9.10. The first-order valence-electron chi connectivity index (χ1n) is 10.9. The van der Waals surface area contributed by atoms with Crippen molar-refractivity contribution in [1.82, 2.24) is 10.6 Å². The predicted octanol–water partition coefficient (Wildman–Crippen LogP) is 4.78. The smallest absolute Gasteiger partial charge is 0.268 e. The first-order valence-corrected chi connectivity index (χ1v) is 11.7. The molecule has 1 saturated heterocycles. The minimum Gasteiger partial charge on any atom is -0.497 e. The quantitative estimate of drug-likeness (QED) is 0.413. The molecule has 1 unspecified atom stereocenters. The van der Waals surface area contributed by atoms with Crippen molar-refractivity contribution in [1.29, 1.82) is 0 Å². The summed E-state index contributed by atoms with van der Waals surface area (Å²) in [6.45, 7) is 1.07. The third-order valence-corrected chi connectivity index (χ3v) is 5.93. The Labute approximate surface area is 206 Å². The van der Waals surface area contributed by atoms with Crippen molar-refractivity contribution in [2.24, 2.45) is 0 Å². The Morgan fingerprint density at radius 1 is 1.09 bits per heavy atom. The van der Waals surface area contributed by atoms with Gasteiger partial charge in [-0.05, 0) is 61.4 Å². The molecule has 1 aliphatic rings. The van der Waals surface area contributed by atoms with Gasteiger partial charge in [0.05, 0.1) is 13.2 Å². The van der Waals surface area contributed by atoms with Gasteiger partial charge < -0.3 is 24.5 Å². The van der Waals surface area contributed by atoms with Crippen LogP contribution in [0, 0.1) is 0 Å². The molecule has 3 aromatic rings. The second kappa shape index (κ2) is 11.2. The van der Waals surface area contributed by atoms with Crippen LogP contribution in [0.1, 0.15) is 29.0 Å². The average molecular weight is 525 g/mol. The van der Waals surface area contributed by atoms with E-state index in [9.17, 15) is 9.59 Å². The fraction of sp³-hybridized carbons (Fsp3) is 0.231. The van der Waals surface area contributed by atoms with E-state index in [1.807, 2.05) is 30.3 Å². The van der Waals surface area contributed by atoms with Gasteiger partial charge >= 0.3 is 0 Å². The lowest BCUT2D eigenvalue weighted by Gasteiger charge is -2.13. The molecule has 0 spiro atoms. The molecular formula is C26H25BrN2O5. The highest BCUT2D eigenvalue weighted by atomic mass is 79.9. The molecule has 1 aliphatic heterocycles. The molecule has 0 radical (unpaired) electrons. The molecule has 0 saturated carbocycles. The number of methoxy groups -OCH3 is 1. The van der Waals surface area contributed by atoms with Crippen molar-refractivity contribution in [3.8, 4) is 17.1 Å².